The van der Waals surface area contributed by atoms with E-state index in [4.69, 9.17) is 0 Å². The molecule has 1 aromatic carbocycles. The maximum Gasteiger partial charge on any atom is 0.225 e. The molecule has 0 spiro atoms. The lowest BCUT2D eigenvalue weighted by molar-refractivity contribution is -0.125. The topological polar surface area (TPSA) is 88.1 Å². The number of anilines is 1. The van der Waals surface area contributed by atoms with Gasteiger partial charge in [0.05, 0.1) is 12.1 Å². The van der Waals surface area contributed by atoms with Crippen molar-refractivity contribution in [3.8, 4) is 0 Å². The summed E-state index contributed by atoms with van der Waals surface area (Å²) in [5.74, 6) is -0.000263. The number of benzene rings is 1. The summed E-state index contributed by atoms with van der Waals surface area (Å²) in [5.41, 5.74) is 2.83. The minimum atomic E-state index is -0.101. The van der Waals surface area contributed by atoms with Crippen molar-refractivity contribution in [2.45, 2.75) is 19.4 Å². The van der Waals surface area contributed by atoms with E-state index < -0.39 is 0 Å². The SMILES string of the molecule is CC(=O)Nc1ccc(CNC(=O)[C@H]2CNC[C@@H]2c2cnn(C)c2)cc1. The van der Waals surface area contributed by atoms with Gasteiger partial charge in [-0.25, -0.2) is 0 Å². The molecule has 1 aliphatic rings. The molecular formula is C18H23N5O2. The molecule has 0 aliphatic carbocycles. The third-order valence-electron chi connectivity index (χ3n) is 4.45. The molecule has 0 bridgehead atoms. The van der Waals surface area contributed by atoms with Crippen LogP contribution >= 0.6 is 0 Å². The van der Waals surface area contributed by atoms with E-state index in [2.05, 4.69) is 21.0 Å². The lowest BCUT2D eigenvalue weighted by atomic mass is 9.90. The quantitative estimate of drug-likeness (QED) is 0.757. The highest BCUT2D eigenvalue weighted by atomic mass is 16.2. The van der Waals surface area contributed by atoms with Gasteiger partial charge in [-0.15, -0.1) is 0 Å². The first kappa shape index (κ1) is 17.2. The van der Waals surface area contributed by atoms with Crippen LogP contribution in [-0.2, 0) is 23.2 Å². The molecule has 3 N–H and O–H groups in total. The van der Waals surface area contributed by atoms with Crippen LogP contribution < -0.4 is 16.0 Å². The fraction of sp³-hybridized carbons (Fsp3) is 0.389. The molecule has 2 heterocycles. The summed E-state index contributed by atoms with van der Waals surface area (Å²) in [6.07, 6.45) is 3.80. The molecule has 25 heavy (non-hydrogen) atoms. The molecule has 1 saturated heterocycles. The normalized spacial score (nSPS) is 19.6. The Morgan fingerprint density at radius 2 is 2.04 bits per heavy atom. The van der Waals surface area contributed by atoms with Crippen molar-refractivity contribution in [2.24, 2.45) is 13.0 Å². The zero-order valence-electron chi connectivity index (χ0n) is 14.5. The summed E-state index contributed by atoms with van der Waals surface area (Å²) in [6.45, 7) is 3.40. The summed E-state index contributed by atoms with van der Waals surface area (Å²) in [5, 5.41) is 13.2. The van der Waals surface area contributed by atoms with Crippen molar-refractivity contribution in [3.63, 3.8) is 0 Å². The minimum Gasteiger partial charge on any atom is -0.352 e. The minimum absolute atomic E-state index is 0.0461. The van der Waals surface area contributed by atoms with Gasteiger partial charge in [-0.2, -0.15) is 5.10 Å². The summed E-state index contributed by atoms with van der Waals surface area (Å²) in [6, 6.07) is 7.46. The van der Waals surface area contributed by atoms with Gasteiger partial charge in [0.2, 0.25) is 11.8 Å². The van der Waals surface area contributed by atoms with Crippen LogP contribution in [-0.4, -0.2) is 34.7 Å². The van der Waals surface area contributed by atoms with E-state index in [1.807, 2.05) is 43.7 Å². The van der Waals surface area contributed by atoms with Gasteiger partial charge in [-0.05, 0) is 23.3 Å². The standard InChI is InChI=1S/C18H23N5O2/c1-12(24)22-15-5-3-13(4-6-15)7-20-18(25)17-10-19-9-16(17)14-8-21-23(2)11-14/h3-6,8,11,16-17,19H,7,9-10H2,1-2H3,(H,20,25)(H,22,24)/t16-,17+/m1/s1. The Morgan fingerprint density at radius 1 is 1.28 bits per heavy atom. The zero-order valence-corrected chi connectivity index (χ0v) is 14.5. The molecule has 2 amide bonds. The summed E-state index contributed by atoms with van der Waals surface area (Å²) >= 11 is 0. The van der Waals surface area contributed by atoms with E-state index >= 15 is 0 Å². The van der Waals surface area contributed by atoms with E-state index in [0.29, 0.717) is 13.1 Å². The lowest BCUT2D eigenvalue weighted by Gasteiger charge is -2.17. The molecule has 1 aliphatic heterocycles. The van der Waals surface area contributed by atoms with Gasteiger partial charge in [0.25, 0.3) is 0 Å². The van der Waals surface area contributed by atoms with Gasteiger partial charge in [0, 0.05) is 51.4 Å². The molecule has 132 valence electrons. The number of rotatable bonds is 5. The van der Waals surface area contributed by atoms with Crippen molar-refractivity contribution >= 4 is 17.5 Å². The van der Waals surface area contributed by atoms with Gasteiger partial charge in [0.1, 0.15) is 0 Å². The first-order chi connectivity index (χ1) is 12.0. The number of nitrogens with one attached hydrogen (secondary N) is 3. The molecule has 0 saturated carbocycles. The van der Waals surface area contributed by atoms with Crippen LogP contribution in [0.3, 0.4) is 0 Å². The molecule has 3 rings (SSSR count). The predicted molar refractivity (Wildman–Crippen MR) is 94.9 cm³/mol. The van der Waals surface area contributed by atoms with Crippen molar-refractivity contribution in [1.82, 2.24) is 20.4 Å². The molecule has 0 unspecified atom stereocenters. The second kappa shape index (κ2) is 7.48. The monoisotopic (exact) mass is 341 g/mol. The summed E-state index contributed by atoms with van der Waals surface area (Å²) in [4.78, 5) is 23.6. The van der Waals surface area contributed by atoms with Crippen LogP contribution in [0.2, 0.25) is 0 Å². The fourth-order valence-electron chi connectivity index (χ4n) is 3.17. The Labute approximate surface area is 146 Å². The van der Waals surface area contributed by atoms with E-state index in [1.165, 1.54) is 6.92 Å². The van der Waals surface area contributed by atoms with Crippen LogP contribution in [0.15, 0.2) is 36.7 Å². The second-order valence-corrected chi connectivity index (χ2v) is 6.41. The number of hydrogen-bond donors (Lipinski definition) is 3. The molecular weight excluding hydrogens is 318 g/mol. The summed E-state index contributed by atoms with van der Waals surface area (Å²) in [7, 11) is 1.88. The number of nitrogens with zero attached hydrogens (tertiary/aromatic N) is 2. The Balaban J connectivity index is 1.57. The number of carbonyl (C=O) groups is 2. The van der Waals surface area contributed by atoms with Gasteiger partial charge in [-0.3, -0.25) is 14.3 Å². The maximum absolute atomic E-state index is 12.6. The largest absolute Gasteiger partial charge is 0.352 e. The van der Waals surface area contributed by atoms with Gasteiger partial charge in [0.15, 0.2) is 0 Å². The highest BCUT2D eigenvalue weighted by Gasteiger charge is 2.34. The van der Waals surface area contributed by atoms with E-state index in [1.54, 1.807) is 4.68 Å². The highest BCUT2D eigenvalue weighted by Crippen LogP contribution is 2.27. The Hall–Kier alpha value is -2.67. The number of hydrogen-bond acceptors (Lipinski definition) is 4. The number of carbonyl (C=O) groups excluding carboxylic acids is 2. The summed E-state index contributed by atoms with van der Waals surface area (Å²) < 4.78 is 1.76. The van der Waals surface area contributed by atoms with E-state index in [-0.39, 0.29) is 23.7 Å². The van der Waals surface area contributed by atoms with Gasteiger partial charge < -0.3 is 16.0 Å². The van der Waals surface area contributed by atoms with Crippen LogP contribution in [0, 0.1) is 5.92 Å². The molecule has 7 nitrogen and oxygen atoms in total. The number of amides is 2. The Bertz CT molecular complexity index is 753. The first-order valence-electron chi connectivity index (χ1n) is 8.36. The van der Waals surface area contributed by atoms with Crippen molar-refractivity contribution < 1.29 is 9.59 Å². The second-order valence-electron chi connectivity index (χ2n) is 6.41. The number of aryl methyl sites for hydroxylation is 1. The van der Waals surface area contributed by atoms with Crippen LogP contribution in [0.25, 0.3) is 0 Å². The van der Waals surface area contributed by atoms with Gasteiger partial charge in [-0.1, -0.05) is 12.1 Å². The average Bonchev–Trinajstić information content (AvgIpc) is 3.22. The van der Waals surface area contributed by atoms with Crippen molar-refractivity contribution in [3.05, 3.63) is 47.8 Å². The van der Waals surface area contributed by atoms with Crippen molar-refractivity contribution in [1.29, 1.82) is 0 Å². The predicted octanol–water partition coefficient (Wildman–Crippen LogP) is 0.998. The number of aromatic nitrogens is 2. The molecule has 1 aromatic heterocycles. The van der Waals surface area contributed by atoms with Crippen LogP contribution in [0.5, 0.6) is 0 Å². The smallest absolute Gasteiger partial charge is 0.225 e. The average molecular weight is 341 g/mol. The molecule has 2 aromatic rings. The zero-order chi connectivity index (χ0) is 17.8. The third kappa shape index (κ3) is 4.24. The lowest BCUT2D eigenvalue weighted by Crippen LogP contribution is -2.33. The van der Waals surface area contributed by atoms with E-state index in [9.17, 15) is 9.59 Å². The van der Waals surface area contributed by atoms with Gasteiger partial charge >= 0.3 is 0 Å². The van der Waals surface area contributed by atoms with E-state index in [0.717, 1.165) is 23.4 Å². The third-order valence-corrected chi connectivity index (χ3v) is 4.45. The van der Waals surface area contributed by atoms with Crippen molar-refractivity contribution in [2.75, 3.05) is 18.4 Å². The molecule has 0 radical (unpaired) electrons. The maximum atomic E-state index is 12.6. The Kier molecular flexibility index (Phi) is 5.14. The fourth-order valence-corrected chi connectivity index (χ4v) is 3.17. The van der Waals surface area contributed by atoms with Crippen LogP contribution in [0.1, 0.15) is 24.0 Å². The highest BCUT2D eigenvalue weighted by molar-refractivity contribution is 5.88. The van der Waals surface area contributed by atoms with Crippen LogP contribution in [0.4, 0.5) is 5.69 Å². The molecule has 7 heteroatoms. The molecule has 2 atom stereocenters. The first-order valence-corrected chi connectivity index (χ1v) is 8.36. The molecule has 1 fully saturated rings. The Morgan fingerprint density at radius 3 is 2.68 bits per heavy atom.